The number of ether oxygens (including phenoxy) is 1. The molecule has 2 N–H and O–H groups in total. The first kappa shape index (κ1) is 12.1. The topological polar surface area (TPSA) is 49.7 Å². The Morgan fingerprint density at radius 2 is 2.00 bits per heavy atom. The molecule has 0 amide bonds. The Morgan fingerprint density at radius 3 is 2.53 bits per heavy atom. The van der Waals surface area contributed by atoms with Gasteiger partial charge in [0.15, 0.2) is 0 Å². The summed E-state index contributed by atoms with van der Waals surface area (Å²) >= 11 is 0. The second-order valence-corrected chi connectivity index (χ2v) is 4.12. The average molecular weight is 208 g/mol. The van der Waals surface area contributed by atoms with Crippen molar-refractivity contribution in [1.29, 1.82) is 0 Å². The molecule has 0 saturated carbocycles. The van der Waals surface area contributed by atoms with E-state index in [1.165, 1.54) is 0 Å². The van der Waals surface area contributed by atoms with E-state index in [0.717, 1.165) is 5.56 Å². The number of aryl methyl sites for hydroxylation is 1. The van der Waals surface area contributed by atoms with Gasteiger partial charge >= 0.3 is 7.12 Å². The first-order valence-corrected chi connectivity index (χ1v) is 5.10. The van der Waals surface area contributed by atoms with Crippen LogP contribution in [0.15, 0.2) is 18.2 Å². The van der Waals surface area contributed by atoms with E-state index in [9.17, 15) is 0 Å². The highest BCUT2D eigenvalue weighted by molar-refractivity contribution is 6.59. The largest absolute Gasteiger partial charge is 0.494 e. The van der Waals surface area contributed by atoms with Crippen LogP contribution in [0.25, 0.3) is 0 Å². The lowest BCUT2D eigenvalue weighted by molar-refractivity contribution is 0.272. The molecule has 0 saturated heterocycles. The van der Waals surface area contributed by atoms with Crippen LogP contribution in [-0.2, 0) is 0 Å². The van der Waals surface area contributed by atoms with Crippen LogP contribution < -0.4 is 10.2 Å². The SMILES string of the molecule is Cc1ccc(OCC(C)C)c(B(O)O)c1. The molecule has 3 nitrogen and oxygen atoms in total. The van der Waals surface area contributed by atoms with Gasteiger partial charge < -0.3 is 14.8 Å². The molecule has 82 valence electrons. The highest BCUT2D eigenvalue weighted by atomic mass is 16.5. The summed E-state index contributed by atoms with van der Waals surface area (Å²) in [5.74, 6) is 0.958. The number of hydrogen-bond acceptors (Lipinski definition) is 3. The number of benzene rings is 1. The zero-order chi connectivity index (χ0) is 11.4. The molecule has 0 radical (unpaired) electrons. The van der Waals surface area contributed by atoms with Crippen molar-refractivity contribution in [3.63, 3.8) is 0 Å². The smallest absolute Gasteiger partial charge is 0.492 e. The van der Waals surface area contributed by atoms with Crippen molar-refractivity contribution < 1.29 is 14.8 Å². The van der Waals surface area contributed by atoms with E-state index < -0.39 is 7.12 Å². The van der Waals surface area contributed by atoms with Gasteiger partial charge in [0.05, 0.1) is 6.61 Å². The maximum Gasteiger partial charge on any atom is 0.492 e. The molecule has 4 heteroatoms. The minimum atomic E-state index is -1.48. The summed E-state index contributed by atoms with van der Waals surface area (Å²) in [7, 11) is -1.48. The fourth-order valence-corrected chi connectivity index (χ4v) is 1.26. The van der Waals surface area contributed by atoms with Gasteiger partial charge in [0, 0.05) is 5.46 Å². The van der Waals surface area contributed by atoms with Crippen LogP contribution >= 0.6 is 0 Å². The number of hydrogen-bond donors (Lipinski definition) is 2. The van der Waals surface area contributed by atoms with Crippen molar-refractivity contribution in [1.82, 2.24) is 0 Å². The zero-order valence-electron chi connectivity index (χ0n) is 9.40. The molecule has 0 spiro atoms. The molecular formula is C11H17BO3. The van der Waals surface area contributed by atoms with E-state index in [1.54, 1.807) is 12.1 Å². The highest BCUT2D eigenvalue weighted by Crippen LogP contribution is 2.11. The molecule has 1 rings (SSSR count). The Morgan fingerprint density at radius 1 is 1.33 bits per heavy atom. The minimum absolute atomic E-state index is 0.412. The van der Waals surface area contributed by atoms with Crippen LogP contribution in [0.4, 0.5) is 0 Å². The lowest BCUT2D eigenvalue weighted by Crippen LogP contribution is -2.32. The fraction of sp³-hybridized carbons (Fsp3) is 0.455. The summed E-state index contributed by atoms with van der Waals surface area (Å²) in [6.07, 6.45) is 0. The van der Waals surface area contributed by atoms with Crippen LogP contribution in [0.2, 0.25) is 0 Å². The Labute approximate surface area is 90.9 Å². The van der Waals surface area contributed by atoms with E-state index in [2.05, 4.69) is 0 Å². The van der Waals surface area contributed by atoms with Crippen molar-refractivity contribution in [2.45, 2.75) is 20.8 Å². The predicted octanol–water partition coefficient (Wildman–Crippen LogP) is 0.710. The molecule has 0 heterocycles. The molecule has 0 aromatic heterocycles. The molecule has 0 aliphatic heterocycles. The first-order valence-electron chi connectivity index (χ1n) is 5.10. The van der Waals surface area contributed by atoms with Gasteiger partial charge in [-0.2, -0.15) is 0 Å². The van der Waals surface area contributed by atoms with Gasteiger partial charge in [-0.05, 0) is 18.9 Å². The third kappa shape index (κ3) is 3.57. The van der Waals surface area contributed by atoms with Gasteiger partial charge in [0.25, 0.3) is 0 Å². The Kier molecular flexibility index (Phi) is 4.18. The van der Waals surface area contributed by atoms with E-state index in [0.29, 0.717) is 23.7 Å². The molecule has 15 heavy (non-hydrogen) atoms. The Bertz CT molecular complexity index is 324. The number of rotatable bonds is 4. The van der Waals surface area contributed by atoms with Crippen LogP contribution in [0.1, 0.15) is 19.4 Å². The van der Waals surface area contributed by atoms with Crippen molar-refractivity contribution in [2.24, 2.45) is 5.92 Å². The summed E-state index contributed by atoms with van der Waals surface area (Å²) in [4.78, 5) is 0. The Hall–Kier alpha value is -0.995. The van der Waals surface area contributed by atoms with E-state index in [-0.39, 0.29) is 0 Å². The molecule has 1 aromatic carbocycles. The normalized spacial score (nSPS) is 10.5. The van der Waals surface area contributed by atoms with Crippen molar-refractivity contribution >= 4 is 12.6 Å². The van der Waals surface area contributed by atoms with Gasteiger partial charge in [-0.1, -0.05) is 31.5 Å². The maximum atomic E-state index is 9.17. The molecule has 0 bridgehead atoms. The highest BCUT2D eigenvalue weighted by Gasteiger charge is 2.17. The molecule has 1 aromatic rings. The van der Waals surface area contributed by atoms with Gasteiger partial charge in [0.2, 0.25) is 0 Å². The molecule has 0 fully saturated rings. The summed E-state index contributed by atoms with van der Waals surface area (Å²) < 4.78 is 5.49. The minimum Gasteiger partial charge on any atom is -0.494 e. The monoisotopic (exact) mass is 208 g/mol. The van der Waals surface area contributed by atoms with E-state index in [1.807, 2.05) is 26.8 Å². The van der Waals surface area contributed by atoms with Crippen LogP contribution in [0, 0.1) is 12.8 Å². The van der Waals surface area contributed by atoms with Gasteiger partial charge in [-0.3, -0.25) is 0 Å². The quantitative estimate of drug-likeness (QED) is 0.716. The summed E-state index contributed by atoms with van der Waals surface area (Å²) in [5, 5.41) is 18.3. The summed E-state index contributed by atoms with van der Waals surface area (Å²) in [6, 6.07) is 5.38. The molecule has 0 atom stereocenters. The van der Waals surface area contributed by atoms with Gasteiger partial charge in [-0.25, -0.2) is 0 Å². The standard InChI is InChI=1S/C11H17BO3/c1-8(2)7-15-11-5-4-9(3)6-10(11)12(13)14/h4-6,8,13-14H,7H2,1-3H3. The molecule has 0 aliphatic rings. The second kappa shape index (κ2) is 5.19. The van der Waals surface area contributed by atoms with Crippen molar-refractivity contribution in [3.8, 4) is 5.75 Å². The Balaban J connectivity index is 2.86. The maximum absolute atomic E-state index is 9.17. The molecule has 0 unspecified atom stereocenters. The third-order valence-corrected chi connectivity index (χ3v) is 2.02. The third-order valence-electron chi connectivity index (χ3n) is 2.02. The first-order chi connectivity index (χ1) is 7.00. The van der Waals surface area contributed by atoms with E-state index >= 15 is 0 Å². The van der Waals surface area contributed by atoms with Crippen molar-refractivity contribution in [2.75, 3.05) is 6.61 Å². The zero-order valence-corrected chi connectivity index (χ0v) is 9.40. The van der Waals surface area contributed by atoms with Crippen molar-refractivity contribution in [3.05, 3.63) is 23.8 Å². The van der Waals surface area contributed by atoms with E-state index in [4.69, 9.17) is 14.8 Å². The molecule has 0 aliphatic carbocycles. The summed E-state index contributed by atoms with van der Waals surface area (Å²) in [5.41, 5.74) is 1.41. The lowest BCUT2D eigenvalue weighted by atomic mass is 9.79. The summed E-state index contributed by atoms with van der Waals surface area (Å²) in [6.45, 7) is 6.56. The van der Waals surface area contributed by atoms with Gasteiger partial charge in [-0.15, -0.1) is 0 Å². The average Bonchev–Trinajstić information content (AvgIpc) is 2.15. The fourth-order valence-electron chi connectivity index (χ4n) is 1.26. The second-order valence-electron chi connectivity index (χ2n) is 4.12. The van der Waals surface area contributed by atoms with Gasteiger partial charge in [0.1, 0.15) is 5.75 Å². The predicted molar refractivity (Wildman–Crippen MR) is 61.3 cm³/mol. The lowest BCUT2D eigenvalue weighted by Gasteiger charge is -2.13. The van der Waals surface area contributed by atoms with Crippen LogP contribution in [0.3, 0.4) is 0 Å². The van der Waals surface area contributed by atoms with Crippen LogP contribution in [0.5, 0.6) is 5.75 Å². The van der Waals surface area contributed by atoms with Crippen LogP contribution in [-0.4, -0.2) is 23.8 Å². The molecular weight excluding hydrogens is 191 g/mol.